The van der Waals surface area contributed by atoms with Gasteiger partial charge in [0.05, 0.1) is 14.1 Å². The van der Waals surface area contributed by atoms with E-state index in [1.54, 1.807) is 0 Å². The van der Waals surface area contributed by atoms with E-state index in [0.29, 0.717) is 23.5 Å². The fourth-order valence-corrected chi connectivity index (χ4v) is 5.47. The van der Waals surface area contributed by atoms with E-state index in [4.69, 9.17) is 0 Å². The molecule has 2 rings (SSSR count). The number of H-pyrrole nitrogens is 2. The third-order valence-electron chi connectivity index (χ3n) is 6.96. The summed E-state index contributed by atoms with van der Waals surface area (Å²) in [6.45, 7) is 0. The number of aryl methyl sites for hydroxylation is 2. The molecule has 0 saturated carbocycles. The number of aromatic nitrogens is 4. The molecule has 63 heavy (non-hydrogen) atoms. The van der Waals surface area contributed by atoms with E-state index in [1.807, 2.05) is 0 Å². The molecule has 39 heteroatoms. The monoisotopic (exact) mass is 1060 g/mol. The number of rotatable bonds is 16. The van der Waals surface area contributed by atoms with Crippen LogP contribution in [0.5, 0.6) is 0 Å². The van der Waals surface area contributed by atoms with E-state index in [2.05, 4.69) is 9.97 Å². The summed E-state index contributed by atoms with van der Waals surface area (Å²) in [7, 11) is -8.12. The molecule has 4 nitrogen and oxygen atoms in total. The minimum absolute atomic E-state index is 0.0554. The Kier molecular flexibility index (Phi) is 16.3. The minimum atomic E-state index is -10.8. The number of hydrogen-bond donors (Lipinski definition) is 2. The fourth-order valence-electron chi connectivity index (χ4n) is 3.54. The first-order valence-electron chi connectivity index (χ1n) is 14.8. The average Bonchev–Trinajstić information content (AvgIpc) is 3.64. The number of aromatic amines is 2. The van der Waals surface area contributed by atoms with Gasteiger partial charge in [0.25, 0.3) is 0 Å². The second-order valence-electron chi connectivity index (χ2n) is 12.0. The van der Waals surface area contributed by atoms with Gasteiger partial charge in [-0.25, -0.2) is 19.1 Å². The van der Waals surface area contributed by atoms with Gasteiger partial charge in [0.15, 0.2) is 0 Å². The van der Waals surface area contributed by atoms with Crippen molar-refractivity contribution >= 4 is 32.2 Å². The molecule has 0 aliphatic rings. The SMILES string of the molecule is C[n+]1cc[nH]c1SCCC(F)(F)C(F)(F)C(F)(F)C(F)(F)C(F)(F)C(F)(F)F.C[n+]1cc[nH]c1SCCC(F)(F)C(F)(F)C(F)(F)C(F)(F)C(F)(F)C(F)(F)F.F[Si-2](F)(F)(F)(F)F. The zero-order chi connectivity index (χ0) is 51.2. The van der Waals surface area contributed by atoms with E-state index in [1.165, 1.54) is 48.0 Å². The standard InChI is InChI=1S/2C12H9F13N2S.F6Si/c2*1-27-4-3-26-6(27)28-5-2-7(13,14)8(15,16)9(17,18)10(19,20)11(21,22)12(23,24)25;1-7(2,3,4,5)6/h2*3-4H,2,5H2,1H3;/q;;-2/p+2. The van der Waals surface area contributed by atoms with Crippen LogP contribution < -0.4 is 9.13 Å². The molecule has 2 N–H and O–H groups in total. The zero-order valence-corrected chi connectivity index (χ0v) is 32.1. The van der Waals surface area contributed by atoms with E-state index in [-0.39, 0.29) is 10.3 Å². The number of hydrogen-bond acceptors (Lipinski definition) is 2. The Hall–Kier alpha value is -2.90. The molecule has 2 heterocycles. The number of alkyl halides is 26. The molecule has 0 unspecified atom stereocenters. The van der Waals surface area contributed by atoms with Gasteiger partial charge in [-0.15, -0.1) is 0 Å². The van der Waals surface area contributed by atoms with E-state index < -0.39 is 105 Å². The topological polar surface area (TPSA) is 39.3 Å². The van der Waals surface area contributed by atoms with Crippen LogP contribution in [0.3, 0.4) is 0 Å². The van der Waals surface area contributed by atoms with Gasteiger partial charge in [0.2, 0.25) is 0 Å². The summed E-state index contributed by atoms with van der Waals surface area (Å²) < 4.78 is 397. The second-order valence-corrected chi connectivity index (χ2v) is 16.3. The van der Waals surface area contributed by atoms with Crippen LogP contribution in [-0.4, -0.2) is 102 Å². The van der Waals surface area contributed by atoms with Gasteiger partial charge in [-0.3, -0.25) is 0 Å². The van der Waals surface area contributed by atoms with Crippen LogP contribution in [0.1, 0.15) is 12.8 Å². The van der Waals surface area contributed by atoms with E-state index in [0.717, 1.165) is 0 Å². The summed E-state index contributed by atoms with van der Waals surface area (Å²) in [4.78, 5) is 4.85. The van der Waals surface area contributed by atoms with Crippen molar-refractivity contribution in [3.8, 4) is 0 Å². The summed E-state index contributed by atoms with van der Waals surface area (Å²) in [5, 5.41) is 0.111. The fraction of sp³-hybridized carbons (Fsp3) is 0.750. The van der Waals surface area contributed by atoms with Crippen LogP contribution in [0.4, 0.5) is 139 Å². The van der Waals surface area contributed by atoms with Crippen molar-refractivity contribution in [2.45, 2.75) is 94.7 Å². The summed E-state index contributed by atoms with van der Waals surface area (Å²) in [6, 6.07) is 0. The maximum absolute atomic E-state index is 13.5. The predicted molar refractivity (Wildman–Crippen MR) is 149 cm³/mol. The molecule has 0 fully saturated rings. The van der Waals surface area contributed by atoms with Crippen molar-refractivity contribution in [3.05, 3.63) is 24.8 Å². The molecular weight excluding hydrogens is 1040 g/mol. The molecule has 2 aromatic rings. The summed E-state index contributed by atoms with van der Waals surface area (Å²) in [5.74, 6) is -75.3. The zero-order valence-electron chi connectivity index (χ0n) is 29.4. The maximum atomic E-state index is 13.5. The molecule has 0 saturated heterocycles. The number of imidazole rings is 2. The second kappa shape index (κ2) is 17.1. The Morgan fingerprint density at radius 1 is 0.397 bits per heavy atom. The van der Waals surface area contributed by atoms with Crippen LogP contribution in [0, 0.1) is 0 Å². The van der Waals surface area contributed by atoms with Gasteiger partial charge in [0, 0.05) is 24.3 Å². The molecule has 0 radical (unpaired) electrons. The molecule has 0 atom stereocenters. The van der Waals surface area contributed by atoms with Crippen LogP contribution in [0.25, 0.3) is 0 Å². The quantitative estimate of drug-likeness (QED) is 0.0578. The molecule has 0 aromatic carbocycles. The first-order valence-corrected chi connectivity index (χ1v) is 19.1. The van der Waals surface area contributed by atoms with Gasteiger partial charge >= 0.3 is 115 Å². The van der Waals surface area contributed by atoms with Crippen molar-refractivity contribution in [3.63, 3.8) is 0 Å². The molecular formula is C24H20F32N4S2Si. The normalized spacial score (nSPS) is 16.1. The molecule has 0 aliphatic heterocycles. The van der Waals surface area contributed by atoms with E-state index in [9.17, 15) is 139 Å². The number of thioether (sulfide) groups is 2. The van der Waals surface area contributed by atoms with Crippen LogP contribution >= 0.6 is 23.5 Å². The van der Waals surface area contributed by atoms with Crippen molar-refractivity contribution in [1.82, 2.24) is 9.97 Å². The third-order valence-corrected chi connectivity index (χ3v) is 9.13. The summed E-state index contributed by atoms with van der Waals surface area (Å²) in [5.41, 5.74) is 0. The molecule has 2 aromatic heterocycles. The Morgan fingerprint density at radius 2 is 0.603 bits per heavy atom. The van der Waals surface area contributed by atoms with Crippen LogP contribution in [0.15, 0.2) is 35.1 Å². The van der Waals surface area contributed by atoms with Gasteiger partial charge in [-0.05, 0) is 23.5 Å². The average molecular weight is 1060 g/mol. The van der Waals surface area contributed by atoms with Crippen molar-refractivity contribution in [2.75, 3.05) is 11.5 Å². The van der Waals surface area contributed by atoms with Crippen molar-refractivity contribution in [1.29, 1.82) is 0 Å². The van der Waals surface area contributed by atoms with Gasteiger partial charge in [-0.2, -0.15) is 114 Å². The van der Waals surface area contributed by atoms with Crippen LogP contribution in [-0.2, 0) is 14.1 Å². The first kappa shape index (κ1) is 60.1. The van der Waals surface area contributed by atoms with Crippen molar-refractivity contribution in [2.24, 2.45) is 14.1 Å². The van der Waals surface area contributed by atoms with Crippen LogP contribution in [0.2, 0.25) is 0 Å². The number of nitrogens with zero attached hydrogens (tertiary/aromatic N) is 2. The summed E-state index contributed by atoms with van der Waals surface area (Å²) >= 11 is 0.716. The third kappa shape index (κ3) is 13.1. The van der Waals surface area contributed by atoms with E-state index >= 15 is 0 Å². The molecule has 376 valence electrons. The first-order chi connectivity index (χ1) is 26.9. The molecule has 0 aliphatic carbocycles. The van der Waals surface area contributed by atoms with Gasteiger partial charge in [-0.1, -0.05) is 0 Å². The Labute approximate surface area is 335 Å². The Balaban J connectivity index is 0.00000106. The van der Waals surface area contributed by atoms with Crippen molar-refractivity contribution < 1.29 is 148 Å². The molecule has 0 bridgehead atoms. The number of halogens is 32. The Bertz CT molecular complexity index is 1680. The number of nitrogens with one attached hydrogen (secondary N) is 2. The Morgan fingerprint density at radius 3 is 0.778 bits per heavy atom. The molecule has 0 spiro atoms. The molecule has 0 amide bonds. The summed E-state index contributed by atoms with van der Waals surface area (Å²) in [6.07, 6.45) is -14.1. The van der Waals surface area contributed by atoms with Gasteiger partial charge < -0.3 is 0 Å². The van der Waals surface area contributed by atoms with Gasteiger partial charge in [0.1, 0.15) is 24.8 Å². The predicted octanol–water partition coefficient (Wildman–Crippen LogP) is 12.3.